The zero-order valence-electron chi connectivity index (χ0n) is 12.6. The Hall–Kier alpha value is -2.07. The first kappa shape index (κ1) is 15.3. The van der Waals surface area contributed by atoms with Crippen LogP contribution in [0.3, 0.4) is 0 Å². The smallest absolute Gasteiger partial charge is 0.130 e. The van der Waals surface area contributed by atoms with Gasteiger partial charge in [-0.3, -0.25) is 4.98 Å². The van der Waals surface area contributed by atoms with Gasteiger partial charge in [0.05, 0.1) is 18.5 Å². The molecule has 0 atom stereocenters. The van der Waals surface area contributed by atoms with E-state index in [1.54, 1.807) is 7.11 Å². The summed E-state index contributed by atoms with van der Waals surface area (Å²) in [5, 5.41) is 3.35. The minimum atomic E-state index is 0.453. The van der Waals surface area contributed by atoms with Gasteiger partial charge in [0.15, 0.2) is 0 Å². The van der Waals surface area contributed by atoms with E-state index in [1.165, 1.54) is 0 Å². The summed E-state index contributed by atoms with van der Waals surface area (Å²) < 4.78 is 10.9. The van der Waals surface area contributed by atoms with Gasteiger partial charge in [0.25, 0.3) is 0 Å². The lowest BCUT2D eigenvalue weighted by Crippen LogP contribution is -2.15. The second-order valence-corrected chi connectivity index (χ2v) is 4.76. The van der Waals surface area contributed by atoms with Crippen LogP contribution >= 0.6 is 0 Å². The maximum atomic E-state index is 5.75. The number of nitrogens with zero attached hydrogens (tertiary/aromatic N) is 1. The largest absolute Gasteiger partial charge is 0.497 e. The Bertz CT molecular complexity index is 558. The predicted molar refractivity (Wildman–Crippen MR) is 83.6 cm³/mol. The van der Waals surface area contributed by atoms with E-state index in [2.05, 4.69) is 17.2 Å². The van der Waals surface area contributed by atoms with Crippen LogP contribution in [0.1, 0.15) is 24.7 Å². The van der Waals surface area contributed by atoms with Crippen LogP contribution in [0.15, 0.2) is 42.5 Å². The molecule has 2 rings (SSSR count). The van der Waals surface area contributed by atoms with E-state index < -0.39 is 0 Å². The molecule has 0 fully saturated rings. The molecule has 21 heavy (non-hydrogen) atoms. The first-order chi connectivity index (χ1) is 10.3. The van der Waals surface area contributed by atoms with Crippen molar-refractivity contribution in [1.29, 1.82) is 0 Å². The van der Waals surface area contributed by atoms with Gasteiger partial charge >= 0.3 is 0 Å². The average Bonchev–Trinajstić information content (AvgIpc) is 2.54. The molecule has 4 nitrogen and oxygen atoms in total. The molecule has 0 spiro atoms. The molecule has 0 saturated heterocycles. The van der Waals surface area contributed by atoms with Crippen molar-refractivity contribution in [3.8, 4) is 11.5 Å². The topological polar surface area (TPSA) is 43.4 Å². The van der Waals surface area contributed by atoms with Crippen molar-refractivity contribution in [2.24, 2.45) is 0 Å². The number of methoxy groups -OCH3 is 1. The number of rotatable bonds is 8. The molecule has 0 amide bonds. The maximum Gasteiger partial charge on any atom is 0.130 e. The molecule has 112 valence electrons. The number of benzene rings is 1. The number of pyridine rings is 1. The van der Waals surface area contributed by atoms with Gasteiger partial charge in [-0.15, -0.1) is 0 Å². The molecule has 1 aromatic carbocycles. The van der Waals surface area contributed by atoms with Crippen LogP contribution in [-0.2, 0) is 13.2 Å². The molecule has 1 N–H and O–H groups in total. The fourth-order valence-corrected chi connectivity index (χ4v) is 1.95. The van der Waals surface area contributed by atoms with Crippen LogP contribution in [0.4, 0.5) is 0 Å². The number of hydrogen-bond acceptors (Lipinski definition) is 4. The molecule has 2 aromatic rings. The first-order valence-electron chi connectivity index (χ1n) is 7.24. The highest BCUT2D eigenvalue weighted by Crippen LogP contribution is 2.19. The predicted octanol–water partition coefficient (Wildman–Crippen LogP) is 3.17. The fraction of sp³-hybridized carbons (Fsp3) is 0.353. The molecule has 1 aromatic heterocycles. The molecule has 0 aliphatic rings. The Morgan fingerprint density at radius 2 is 1.81 bits per heavy atom. The van der Waals surface area contributed by atoms with Crippen LogP contribution in [0.5, 0.6) is 11.5 Å². The zero-order valence-corrected chi connectivity index (χ0v) is 12.6. The molecule has 0 radical (unpaired) electrons. The quantitative estimate of drug-likeness (QED) is 0.757. The van der Waals surface area contributed by atoms with Gasteiger partial charge < -0.3 is 14.8 Å². The third-order valence-corrected chi connectivity index (χ3v) is 3.03. The standard InChI is InChI=1S/C17H22N2O2/c1-3-10-18-12-14-6-4-7-15(19-14)13-21-17-9-5-8-16(11-17)20-2/h4-9,11,18H,3,10,12-13H2,1-2H3. The van der Waals surface area contributed by atoms with Crippen molar-refractivity contribution in [1.82, 2.24) is 10.3 Å². The van der Waals surface area contributed by atoms with E-state index in [9.17, 15) is 0 Å². The van der Waals surface area contributed by atoms with Crippen molar-refractivity contribution < 1.29 is 9.47 Å². The highest BCUT2D eigenvalue weighted by atomic mass is 16.5. The van der Waals surface area contributed by atoms with Crippen molar-refractivity contribution in [2.75, 3.05) is 13.7 Å². The van der Waals surface area contributed by atoms with Gasteiger partial charge in [0.2, 0.25) is 0 Å². The minimum Gasteiger partial charge on any atom is -0.497 e. The summed E-state index contributed by atoms with van der Waals surface area (Å²) in [7, 11) is 1.65. The average molecular weight is 286 g/mol. The van der Waals surface area contributed by atoms with Gasteiger partial charge in [-0.25, -0.2) is 0 Å². The summed E-state index contributed by atoms with van der Waals surface area (Å²) in [6.07, 6.45) is 1.12. The molecule has 4 heteroatoms. The fourth-order valence-electron chi connectivity index (χ4n) is 1.95. The van der Waals surface area contributed by atoms with Gasteiger partial charge in [-0.2, -0.15) is 0 Å². The summed E-state index contributed by atoms with van der Waals surface area (Å²) in [5.41, 5.74) is 1.96. The summed E-state index contributed by atoms with van der Waals surface area (Å²) >= 11 is 0. The second kappa shape index (κ2) is 8.27. The molecular weight excluding hydrogens is 264 g/mol. The number of ether oxygens (including phenoxy) is 2. The molecular formula is C17H22N2O2. The highest BCUT2D eigenvalue weighted by Gasteiger charge is 2.01. The molecule has 1 heterocycles. The Morgan fingerprint density at radius 1 is 1.05 bits per heavy atom. The normalized spacial score (nSPS) is 10.4. The molecule has 0 bridgehead atoms. The Balaban J connectivity index is 1.91. The summed E-state index contributed by atoms with van der Waals surface area (Å²) in [5.74, 6) is 1.57. The van der Waals surface area contributed by atoms with E-state index in [4.69, 9.17) is 9.47 Å². The lowest BCUT2D eigenvalue weighted by molar-refractivity contribution is 0.298. The minimum absolute atomic E-state index is 0.453. The molecule has 0 saturated carbocycles. The lowest BCUT2D eigenvalue weighted by Gasteiger charge is -2.09. The van der Waals surface area contributed by atoms with Crippen molar-refractivity contribution in [3.05, 3.63) is 53.9 Å². The third kappa shape index (κ3) is 5.08. The summed E-state index contributed by atoms with van der Waals surface area (Å²) in [4.78, 5) is 4.58. The van der Waals surface area contributed by atoms with Crippen LogP contribution in [0.2, 0.25) is 0 Å². The van der Waals surface area contributed by atoms with Crippen molar-refractivity contribution >= 4 is 0 Å². The summed E-state index contributed by atoms with van der Waals surface area (Å²) in [6, 6.07) is 13.6. The monoisotopic (exact) mass is 286 g/mol. The Morgan fingerprint density at radius 3 is 2.62 bits per heavy atom. The van der Waals surface area contributed by atoms with Crippen molar-refractivity contribution in [3.63, 3.8) is 0 Å². The number of nitrogens with one attached hydrogen (secondary N) is 1. The SMILES string of the molecule is CCCNCc1cccc(COc2cccc(OC)c2)n1. The molecule has 0 unspecified atom stereocenters. The maximum absolute atomic E-state index is 5.75. The van der Waals surface area contributed by atoms with Gasteiger partial charge in [0, 0.05) is 12.6 Å². The highest BCUT2D eigenvalue weighted by molar-refractivity contribution is 5.32. The molecule has 0 aliphatic carbocycles. The zero-order chi connectivity index (χ0) is 14.9. The lowest BCUT2D eigenvalue weighted by atomic mass is 10.3. The molecule has 0 aliphatic heterocycles. The van der Waals surface area contributed by atoms with E-state index in [1.807, 2.05) is 42.5 Å². The van der Waals surface area contributed by atoms with Crippen LogP contribution in [0, 0.1) is 0 Å². The van der Waals surface area contributed by atoms with Gasteiger partial charge in [-0.05, 0) is 37.2 Å². The van der Waals surface area contributed by atoms with Crippen molar-refractivity contribution in [2.45, 2.75) is 26.5 Å². The third-order valence-electron chi connectivity index (χ3n) is 3.03. The summed E-state index contributed by atoms with van der Waals surface area (Å²) in [6.45, 7) is 4.40. The Labute approximate surface area is 126 Å². The number of aromatic nitrogens is 1. The van der Waals surface area contributed by atoms with E-state index >= 15 is 0 Å². The second-order valence-electron chi connectivity index (χ2n) is 4.76. The van der Waals surface area contributed by atoms with E-state index in [0.717, 1.165) is 42.4 Å². The Kier molecular flexibility index (Phi) is 6.03. The first-order valence-corrected chi connectivity index (χ1v) is 7.24. The van der Waals surface area contributed by atoms with Crippen LogP contribution < -0.4 is 14.8 Å². The number of hydrogen-bond donors (Lipinski definition) is 1. The van der Waals surface area contributed by atoms with Crippen LogP contribution in [-0.4, -0.2) is 18.6 Å². The van der Waals surface area contributed by atoms with Crippen LogP contribution in [0.25, 0.3) is 0 Å². The van der Waals surface area contributed by atoms with Gasteiger partial charge in [-0.1, -0.05) is 19.1 Å². The van der Waals surface area contributed by atoms with E-state index in [0.29, 0.717) is 6.61 Å². The van der Waals surface area contributed by atoms with E-state index in [-0.39, 0.29) is 0 Å². The van der Waals surface area contributed by atoms with Gasteiger partial charge in [0.1, 0.15) is 18.1 Å².